The van der Waals surface area contributed by atoms with E-state index < -0.39 is 29.1 Å². The lowest BCUT2D eigenvalue weighted by Crippen LogP contribution is -2.40. The van der Waals surface area contributed by atoms with Crippen LogP contribution in [0, 0.1) is 17.0 Å². The predicted octanol–water partition coefficient (Wildman–Crippen LogP) is 2.49. The zero-order chi connectivity index (χ0) is 14.6. The number of carbonyl (C=O) groups excluding carboxylic acids is 1. The molecule has 1 aromatic carbocycles. The van der Waals surface area contributed by atoms with Gasteiger partial charge in [-0.2, -0.15) is 0 Å². The van der Waals surface area contributed by atoms with E-state index in [1.807, 2.05) is 20.8 Å². The lowest BCUT2D eigenvalue weighted by molar-refractivity contribution is 0.0889. The van der Waals surface area contributed by atoms with E-state index in [2.05, 4.69) is 5.32 Å². The fourth-order valence-corrected chi connectivity index (χ4v) is 1.87. The van der Waals surface area contributed by atoms with E-state index in [0.717, 1.165) is 12.1 Å². The lowest BCUT2D eigenvalue weighted by atomic mass is 9.88. The Labute approximate surface area is 111 Å². The third kappa shape index (κ3) is 4.59. The van der Waals surface area contributed by atoms with Crippen LogP contribution in [0.5, 0.6) is 0 Å². The summed E-state index contributed by atoms with van der Waals surface area (Å²) in [5.74, 6) is -2.67. The first-order chi connectivity index (χ1) is 8.74. The molecule has 1 unspecified atom stereocenters. The van der Waals surface area contributed by atoms with Gasteiger partial charge in [-0.1, -0.05) is 26.8 Å². The van der Waals surface area contributed by atoms with Gasteiger partial charge < -0.3 is 10.4 Å². The highest BCUT2D eigenvalue weighted by Gasteiger charge is 2.23. The SMILES string of the molecule is CC(C)(C)CC(CO)NC(=O)c1c(F)cccc1F. The molecule has 0 radical (unpaired) electrons. The van der Waals surface area contributed by atoms with Gasteiger partial charge in [-0.25, -0.2) is 8.78 Å². The van der Waals surface area contributed by atoms with Crippen molar-refractivity contribution in [2.24, 2.45) is 5.41 Å². The number of aliphatic hydroxyl groups excluding tert-OH is 1. The second kappa shape index (κ2) is 6.10. The Morgan fingerprint density at radius 1 is 1.32 bits per heavy atom. The van der Waals surface area contributed by atoms with Crippen LogP contribution in [0.1, 0.15) is 37.6 Å². The smallest absolute Gasteiger partial charge is 0.257 e. The Hall–Kier alpha value is -1.49. The van der Waals surface area contributed by atoms with Crippen molar-refractivity contribution in [1.29, 1.82) is 0 Å². The van der Waals surface area contributed by atoms with E-state index in [1.165, 1.54) is 6.07 Å². The summed E-state index contributed by atoms with van der Waals surface area (Å²) in [7, 11) is 0. The molecule has 5 heteroatoms. The highest BCUT2D eigenvalue weighted by Crippen LogP contribution is 2.21. The Kier molecular flexibility index (Phi) is 5.00. The summed E-state index contributed by atoms with van der Waals surface area (Å²) in [6.45, 7) is 5.57. The van der Waals surface area contributed by atoms with E-state index in [9.17, 15) is 18.7 Å². The molecule has 0 aliphatic heterocycles. The number of hydrogen-bond donors (Lipinski definition) is 2. The molecule has 0 spiro atoms. The quantitative estimate of drug-likeness (QED) is 0.884. The van der Waals surface area contributed by atoms with E-state index in [1.54, 1.807) is 0 Å². The molecule has 0 aliphatic rings. The molecule has 0 bridgehead atoms. The molecule has 0 aromatic heterocycles. The lowest BCUT2D eigenvalue weighted by Gasteiger charge is -2.25. The first kappa shape index (κ1) is 15.6. The zero-order valence-electron chi connectivity index (χ0n) is 11.3. The molecule has 3 nitrogen and oxygen atoms in total. The number of rotatable bonds is 4. The van der Waals surface area contributed by atoms with Crippen LogP contribution >= 0.6 is 0 Å². The number of benzene rings is 1. The van der Waals surface area contributed by atoms with Crippen molar-refractivity contribution in [2.45, 2.75) is 33.2 Å². The van der Waals surface area contributed by atoms with Crippen LogP contribution in [0.3, 0.4) is 0 Å². The maximum absolute atomic E-state index is 13.4. The van der Waals surface area contributed by atoms with Gasteiger partial charge in [0.25, 0.3) is 5.91 Å². The zero-order valence-corrected chi connectivity index (χ0v) is 11.3. The summed E-state index contributed by atoms with van der Waals surface area (Å²) in [6.07, 6.45) is 0.505. The summed E-state index contributed by atoms with van der Waals surface area (Å²) >= 11 is 0. The fourth-order valence-electron chi connectivity index (χ4n) is 1.87. The average molecular weight is 271 g/mol. The van der Waals surface area contributed by atoms with Crippen LogP contribution < -0.4 is 5.32 Å². The summed E-state index contributed by atoms with van der Waals surface area (Å²) in [4.78, 5) is 11.8. The van der Waals surface area contributed by atoms with Crippen molar-refractivity contribution in [1.82, 2.24) is 5.32 Å². The van der Waals surface area contributed by atoms with Crippen molar-refractivity contribution in [2.75, 3.05) is 6.61 Å². The van der Waals surface area contributed by atoms with Crippen LogP contribution in [-0.2, 0) is 0 Å². The molecule has 1 rings (SSSR count). The van der Waals surface area contributed by atoms with Gasteiger partial charge in [0.15, 0.2) is 0 Å². The monoisotopic (exact) mass is 271 g/mol. The summed E-state index contributed by atoms with van der Waals surface area (Å²) in [6, 6.07) is 2.71. The van der Waals surface area contributed by atoms with Gasteiger partial charge in [0.05, 0.1) is 12.6 Å². The number of hydrogen-bond acceptors (Lipinski definition) is 2. The Balaban J connectivity index is 2.84. The standard InChI is InChI=1S/C14H19F2NO2/c1-14(2,3)7-9(8-18)17-13(19)12-10(15)5-4-6-11(12)16/h4-6,9,18H,7-8H2,1-3H3,(H,17,19). The summed E-state index contributed by atoms with van der Waals surface area (Å²) in [5, 5.41) is 11.7. The highest BCUT2D eigenvalue weighted by molar-refractivity contribution is 5.94. The van der Waals surface area contributed by atoms with Crippen LogP contribution in [0.2, 0.25) is 0 Å². The Morgan fingerprint density at radius 2 is 1.84 bits per heavy atom. The molecule has 1 atom stereocenters. The van der Waals surface area contributed by atoms with E-state index in [4.69, 9.17) is 0 Å². The maximum atomic E-state index is 13.4. The summed E-state index contributed by atoms with van der Waals surface area (Å²) < 4.78 is 26.9. The van der Waals surface area contributed by atoms with Crippen molar-refractivity contribution < 1.29 is 18.7 Å². The van der Waals surface area contributed by atoms with Gasteiger partial charge >= 0.3 is 0 Å². The number of nitrogens with one attached hydrogen (secondary N) is 1. The van der Waals surface area contributed by atoms with E-state index >= 15 is 0 Å². The van der Waals surface area contributed by atoms with Gasteiger partial charge in [0.1, 0.15) is 17.2 Å². The average Bonchev–Trinajstić information content (AvgIpc) is 2.25. The molecule has 0 saturated heterocycles. The molecule has 0 heterocycles. The minimum atomic E-state index is -0.912. The largest absolute Gasteiger partial charge is 0.394 e. The number of amides is 1. The molecular weight excluding hydrogens is 252 g/mol. The van der Waals surface area contributed by atoms with Gasteiger partial charge in [0, 0.05) is 0 Å². The minimum Gasteiger partial charge on any atom is -0.394 e. The van der Waals surface area contributed by atoms with Crippen LogP contribution in [0.15, 0.2) is 18.2 Å². The minimum absolute atomic E-state index is 0.117. The molecular formula is C14H19F2NO2. The normalized spacial score (nSPS) is 13.2. The third-order valence-electron chi connectivity index (χ3n) is 2.60. The second-order valence-corrected chi connectivity index (χ2v) is 5.71. The summed E-state index contributed by atoms with van der Waals surface area (Å²) in [5.41, 5.74) is -0.732. The van der Waals surface area contributed by atoms with Crippen LogP contribution in [0.4, 0.5) is 8.78 Å². The third-order valence-corrected chi connectivity index (χ3v) is 2.60. The van der Waals surface area contributed by atoms with E-state index in [-0.39, 0.29) is 12.0 Å². The van der Waals surface area contributed by atoms with Crippen LogP contribution in [-0.4, -0.2) is 23.7 Å². The second-order valence-electron chi connectivity index (χ2n) is 5.71. The van der Waals surface area contributed by atoms with Gasteiger partial charge in [-0.3, -0.25) is 4.79 Å². The predicted molar refractivity (Wildman–Crippen MR) is 68.8 cm³/mol. The maximum Gasteiger partial charge on any atom is 0.257 e. The molecule has 106 valence electrons. The van der Waals surface area contributed by atoms with Crippen LogP contribution in [0.25, 0.3) is 0 Å². The van der Waals surface area contributed by atoms with Gasteiger partial charge in [0.2, 0.25) is 0 Å². The molecule has 0 aliphatic carbocycles. The Morgan fingerprint density at radius 3 is 2.26 bits per heavy atom. The molecule has 19 heavy (non-hydrogen) atoms. The molecule has 1 amide bonds. The number of aliphatic hydroxyl groups is 1. The molecule has 0 saturated carbocycles. The molecule has 2 N–H and O–H groups in total. The topological polar surface area (TPSA) is 49.3 Å². The number of carbonyl (C=O) groups is 1. The van der Waals surface area contributed by atoms with Crippen molar-refractivity contribution in [3.05, 3.63) is 35.4 Å². The molecule has 0 fully saturated rings. The highest BCUT2D eigenvalue weighted by atomic mass is 19.1. The fraction of sp³-hybridized carbons (Fsp3) is 0.500. The van der Waals surface area contributed by atoms with Crippen molar-refractivity contribution in [3.8, 4) is 0 Å². The number of halogens is 2. The van der Waals surface area contributed by atoms with Gasteiger partial charge in [-0.05, 0) is 24.0 Å². The van der Waals surface area contributed by atoms with Gasteiger partial charge in [-0.15, -0.1) is 0 Å². The first-order valence-corrected chi connectivity index (χ1v) is 6.10. The van der Waals surface area contributed by atoms with E-state index in [0.29, 0.717) is 6.42 Å². The Bertz CT molecular complexity index is 435. The molecule has 1 aromatic rings. The van der Waals surface area contributed by atoms with Crippen molar-refractivity contribution >= 4 is 5.91 Å². The first-order valence-electron chi connectivity index (χ1n) is 6.10. The van der Waals surface area contributed by atoms with Crippen molar-refractivity contribution in [3.63, 3.8) is 0 Å².